The highest BCUT2D eigenvalue weighted by Crippen LogP contribution is 2.45. The van der Waals surface area contributed by atoms with E-state index in [-0.39, 0.29) is 21.3 Å². The number of carbonyl (C=O) groups excluding carboxylic acids is 3. The lowest BCUT2D eigenvalue weighted by Gasteiger charge is -2.24. The van der Waals surface area contributed by atoms with Crippen LogP contribution in [-0.2, 0) is 14.3 Å². The fraction of sp³-hybridized carbons (Fsp3) is 0.394. The van der Waals surface area contributed by atoms with Gasteiger partial charge in [-0.2, -0.15) is 0 Å². The largest absolute Gasteiger partial charge is 0.507 e. The number of amides is 1. The van der Waals surface area contributed by atoms with Crippen molar-refractivity contribution in [1.82, 2.24) is 4.98 Å². The number of ether oxygens (including phenoxy) is 4. The number of anilines is 1. The zero-order valence-corrected chi connectivity index (χ0v) is 26.5. The minimum Gasteiger partial charge on any atom is -0.507 e. The molecule has 1 aliphatic rings. The van der Waals surface area contributed by atoms with E-state index in [1.165, 1.54) is 19.1 Å². The second-order valence-electron chi connectivity index (χ2n) is 10.3. The average molecular weight is 623 g/mol. The highest BCUT2D eigenvalue weighted by Gasteiger charge is 2.48. The zero-order chi connectivity index (χ0) is 31.8. The molecule has 3 aromatic rings. The van der Waals surface area contributed by atoms with Crippen molar-refractivity contribution in [2.75, 3.05) is 32.3 Å². The molecular weight excluding hydrogens is 584 g/mol. The number of carbonyl (C=O) groups is 3. The molecule has 1 amide bonds. The first-order valence-electron chi connectivity index (χ1n) is 14.7. The Balaban J connectivity index is 1.82. The Kier molecular flexibility index (Phi) is 11.0. The Morgan fingerprint density at radius 1 is 0.955 bits per heavy atom. The number of rotatable bonds is 14. The third-order valence-electron chi connectivity index (χ3n) is 7.21. The number of benzene rings is 2. The summed E-state index contributed by atoms with van der Waals surface area (Å²) in [5.41, 5.74) is 1.05. The molecule has 2 aromatic carbocycles. The molecule has 1 fully saturated rings. The molecule has 0 aliphatic carbocycles. The molecule has 2 heterocycles. The molecule has 1 unspecified atom stereocenters. The molecule has 44 heavy (non-hydrogen) atoms. The maximum Gasteiger partial charge on any atom is 0.350 e. The van der Waals surface area contributed by atoms with Crippen molar-refractivity contribution in [1.29, 1.82) is 0 Å². The van der Waals surface area contributed by atoms with Gasteiger partial charge in [-0.1, -0.05) is 50.5 Å². The summed E-state index contributed by atoms with van der Waals surface area (Å²) in [7, 11) is 2.76. The van der Waals surface area contributed by atoms with E-state index in [1.807, 2.05) is 0 Å². The van der Waals surface area contributed by atoms with Gasteiger partial charge >= 0.3 is 11.9 Å². The van der Waals surface area contributed by atoms with Gasteiger partial charge in [-0.3, -0.25) is 14.5 Å². The van der Waals surface area contributed by atoms with E-state index in [9.17, 15) is 19.5 Å². The molecule has 1 N–H and O–H groups in total. The van der Waals surface area contributed by atoms with Crippen molar-refractivity contribution >= 4 is 39.9 Å². The Labute approximate surface area is 261 Å². The predicted molar refractivity (Wildman–Crippen MR) is 168 cm³/mol. The number of unbranched alkanes of at least 4 members (excludes halogenated alkanes) is 3. The van der Waals surface area contributed by atoms with Crippen LogP contribution in [-0.4, -0.2) is 55.2 Å². The summed E-state index contributed by atoms with van der Waals surface area (Å²) in [6.07, 6.45) is 4.87. The van der Waals surface area contributed by atoms with Gasteiger partial charge in [0.15, 0.2) is 16.6 Å². The zero-order valence-electron chi connectivity index (χ0n) is 25.7. The van der Waals surface area contributed by atoms with E-state index in [2.05, 4.69) is 18.8 Å². The van der Waals surface area contributed by atoms with E-state index in [1.54, 1.807) is 49.4 Å². The van der Waals surface area contributed by atoms with Crippen molar-refractivity contribution in [2.45, 2.75) is 58.9 Å². The molecule has 11 heteroatoms. The molecule has 0 radical (unpaired) electrons. The third-order valence-corrected chi connectivity index (χ3v) is 8.35. The van der Waals surface area contributed by atoms with Crippen LogP contribution in [0.25, 0.3) is 5.76 Å². The van der Waals surface area contributed by atoms with Gasteiger partial charge in [0, 0.05) is 5.56 Å². The van der Waals surface area contributed by atoms with Crippen LogP contribution in [0.15, 0.2) is 48.0 Å². The molecule has 1 aliphatic heterocycles. The lowest BCUT2D eigenvalue weighted by atomic mass is 9.95. The van der Waals surface area contributed by atoms with Crippen LogP contribution in [0.5, 0.6) is 17.2 Å². The highest BCUT2D eigenvalue weighted by atomic mass is 32.1. The van der Waals surface area contributed by atoms with Crippen LogP contribution in [0.3, 0.4) is 0 Å². The summed E-state index contributed by atoms with van der Waals surface area (Å²) < 4.78 is 22.2. The van der Waals surface area contributed by atoms with Crippen molar-refractivity contribution in [3.8, 4) is 17.2 Å². The average Bonchev–Trinajstić information content (AvgIpc) is 3.54. The van der Waals surface area contributed by atoms with Crippen molar-refractivity contribution in [3.05, 3.63) is 69.7 Å². The summed E-state index contributed by atoms with van der Waals surface area (Å²) in [5.74, 6) is -1.19. The number of nitrogens with zero attached hydrogens (tertiary/aromatic N) is 2. The Morgan fingerprint density at radius 3 is 2.32 bits per heavy atom. The van der Waals surface area contributed by atoms with E-state index in [4.69, 9.17) is 18.9 Å². The Bertz CT molecular complexity index is 1530. The number of aromatic nitrogens is 1. The summed E-state index contributed by atoms with van der Waals surface area (Å²) in [6, 6.07) is 10.7. The smallest absolute Gasteiger partial charge is 0.350 e. The van der Waals surface area contributed by atoms with Crippen molar-refractivity contribution in [3.63, 3.8) is 0 Å². The number of methoxy groups -OCH3 is 2. The summed E-state index contributed by atoms with van der Waals surface area (Å²) >= 11 is 0.934. The monoisotopic (exact) mass is 622 g/mol. The number of aliphatic hydroxyl groups is 1. The molecule has 0 spiro atoms. The topological polar surface area (TPSA) is 124 Å². The lowest BCUT2D eigenvalue weighted by molar-refractivity contribution is -0.132. The van der Waals surface area contributed by atoms with Crippen molar-refractivity contribution in [2.24, 2.45) is 0 Å². The van der Waals surface area contributed by atoms with Gasteiger partial charge in [0.25, 0.3) is 5.78 Å². The lowest BCUT2D eigenvalue weighted by Crippen LogP contribution is -2.29. The number of thiazole rings is 1. The number of ketones is 1. The molecule has 234 valence electrons. The number of esters is 1. The number of hydrogen-bond acceptors (Lipinski definition) is 10. The van der Waals surface area contributed by atoms with E-state index in [0.29, 0.717) is 47.3 Å². The predicted octanol–water partition coefficient (Wildman–Crippen LogP) is 6.62. The highest BCUT2D eigenvalue weighted by molar-refractivity contribution is 7.17. The molecule has 1 saturated heterocycles. The minimum atomic E-state index is -1.07. The Morgan fingerprint density at radius 2 is 1.66 bits per heavy atom. The van der Waals surface area contributed by atoms with Crippen LogP contribution in [0.4, 0.5) is 5.13 Å². The van der Waals surface area contributed by atoms with Gasteiger partial charge in [-0.25, -0.2) is 9.78 Å². The second kappa shape index (κ2) is 14.9. The third kappa shape index (κ3) is 6.88. The normalized spacial score (nSPS) is 15.8. The van der Waals surface area contributed by atoms with Crippen LogP contribution in [0.1, 0.15) is 78.5 Å². The van der Waals surface area contributed by atoms with Crippen LogP contribution < -0.4 is 19.1 Å². The van der Waals surface area contributed by atoms with Gasteiger partial charge in [0.1, 0.15) is 16.4 Å². The molecule has 10 nitrogen and oxygen atoms in total. The summed E-state index contributed by atoms with van der Waals surface area (Å²) in [4.78, 5) is 45.5. The molecular formula is C33H38N2O8S. The van der Waals surface area contributed by atoms with Crippen LogP contribution in [0.2, 0.25) is 0 Å². The van der Waals surface area contributed by atoms with Gasteiger partial charge in [0.2, 0.25) is 0 Å². The number of aryl methyl sites for hydroxylation is 1. The van der Waals surface area contributed by atoms with Gasteiger partial charge in [0.05, 0.1) is 44.7 Å². The quantitative estimate of drug-likeness (QED) is 0.0694. The fourth-order valence-electron chi connectivity index (χ4n) is 4.82. The maximum absolute atomic E-state index is 13.6. The summed E-state index contributed by atoms with van der Waals surface area (Å²) in [5, 5.41) is 11.7. The molecule has 4 rings (SSSR count). The number of Topliss-reactive ketones (excluding diaryl/α,β-unsaturated/α-hetero) is 1. The fourth-order valence-corrected chi connectivity index (χ4v) is 5.83. The van der Waals surface area contributed by atoms with E-state index >= 15 is 0 Å². The number of aliphatic hydroxyl groups excluding tert-OH is 1. The second-order valence-corrected chi connectivity index (χ2v) is 11.2. The molecule has 0 saturated carbocycles. The number of hydrogen-bond donors (Lipinski definition) is 1. The first-order valence-corrected chi connectivity index (χ1v) is 15.5. The molecule has 1 atom stereocenters. The maximum atomic E-state index is 13.6. The van der Waals surface area contributed by atoms with Crippen LogP contribution in [0, 0.1) is 6.92 Å². The van der Waals surface area contributed by atoms with E-state index < -0.39 is 23.7 Å². The van der Waals surface area contributed by atoms with Gasteiger partial charge < -0.3 is 24.1 Å². The van der Waals surface area contributed by atoms with E-state index in [0.717, 1.165) is 43.4 Å². The molecule has 0 bridgehead atoms. The molecule has 1 aromatic heterocycles. The van der Waals surface area contributed by atoms with Gasteiger partial charge in [-0.05, 0) is 61.7 Å². The summed E-state index contributed by atoms with van der Waals surface area (Å²) in [6.45, 7) is 6.88. The van der Waals surface area contributed by atoms with Crippen molar-refractivity contribution < 1.29 is 38.4 Å². The first-order chi connectivity index (χ1) is 21.2. The Hall–Kier alpha value is -4.38. The van der Waals surface area contributed by atoms with Gasteiger partial charge in [-0.15, -0.1) is 0 Å². The standard InChI is InChI=1S/C33H38N2O8S/c1-6-8-10-18-43-24-16-13-22(19-25(24)40-4)27-26(28(36)21-11-14-23(15-12-21)42-17-9-7-2)29(37)31(38)35(27)33-34-20(3)30(44-33)32(39)41-5/h11-16,19,27,36H,6-10,17-18H2,1-5H3. The minimum absolute atomic E-state index is 0.118. The van der Waals surface area contributed by atoms with Crippen LogP contribution >= 0.6 is 11.3 Å². The SMILES string of the molecule is CCCCCOc1ccc(C2C(=C(O)c3ccc(OCCCC)cc3)C(=O)C(=O)N2c2nc(C)c(C(=O)OC)s2)cc1OC. The first kappa shape index (κ1) is 32.5.